The number of aromatic amines is 2. The Bertz CT molecular complexity index is 1940. The molecular weight excluding hydrogens is 444 g/mol. The number of aromatic nitrogens is 2. The SMILES string of the molecule is CC1(c2ccccc2)c2ccc3c([nH]c4ccccc43)c2Sc2ccc3c([nH]c4ccccc43)c21. The standard InChI is InChI=1S/C32H22N2S/c1-32(19-9-3-2-4-10-19)24-17-15-23-21-12-6-8-14-26(21)34-30(23)31(24)35-27-18-16-22-20-11-5-7-13-25(20)33-29(22)28(27)32/h2-18,33-34H,1H3. The summed E-state index contributed by atoms with van der Waals surface area (Å²) in [6.07, 6.45) is 0. The molecule has 2 aromatic heterocycles. The Morgan fingerprint density at radius 3 is 1.91 bits per heavy atom. The van der Waals surface area contributed by atoms with Gasteiger partial charge in [0.1, 0.15) is 0 Å². The van der Waals surface area contributed by atoms with Crippen LogP contribution in [-0.2, 0) is 5.41 Å². The first kappa shape index (κ1) is 19.4. The van der Waals surface area contributed by atoms with E-state index in [-0.39, 0.29) is 5.41 Å². The van der Waals surface area contributed by atoms with Crippen molar-refractivity contribution < 1.29 is 0 Å². The molecule has 0 spiro atoms. The van der Waals surface area contributed by atoms with Gasteiger partial charge in [0.25, 0.3) is 0 Å². The average Bonchev–Trinajstić information content (AvgIpc) is 3.48. The molecule has 0 aliphatic carbocycles. The molecule has 7 aromatic rings. The summed E-state index contributed by atoms with van der Waals surface area (Å²) >= 11 is 1.90. The maximum absolute atomic E-state index is 3.80. The maximum Gasteiger partial charge on any atom is 0.0609 e. The highest BCUT2D eigenvalue weighted by atomic mass is 32.2. The van der Waals surface area contributed by atoms with Crippen molar-refractivity contribution in [2.75, 3.05) is 0 Å². The van der Waals surface area contributed by atoms with Crippen molar-refractivity contribution >= 4 is 55.4 Å². The van der Waals surface area contributed by atoms with Gasteiger partial charge in [-0.3, -0.25) is 0 Å². The molecule has 166 valence electrons. The topological polar surface area (TPSA) is 31.6 Å². The van der Waals surface area contributed by atoms with Crippen molar-refractivity contribution in [2.24, 2.45) is 0 Å². The third-order valence-electron chi connectivity index (χ3n) is 7.88. The van der Waals surface area contributed by atoms with Crippen LogP contribution in [0.15, 0.2) is 113 Å². The fraction of sp³-hybridized carbons (Fsp3) is 0.0625. The molecule has 3 heteroatoms. The van der Waals surface area contributed by atoms with E-state index in [2.05, 4.69) is 120 Å². The second-order valence-electron chi connectivity index (χ2n) is 9.66. The van der Waals surface area contributed by atoms with Gasteiger partial charge in [-0.05, 0) is 36.2 Å². The molecular formula is C32H22N2S. The molecule has 1 unspecified atom stereocenters. The zero-order chi connectivity index (χ0) is 23.1. The average molecular weight is 467 g/mol. The lowest BCUT2D eigenvalue weighted by atomic mass is 9.70. The monoisotopic (exact) mass is 466 g/mol. The Morgan fingerprint density at radius 2 is 1.17 bits per heavy atom. The van der Waals surface area contributed by atoms with Crippen LogP contribution >= 0.6 is 11.8 Å². The van der Waals surface area contributed by atoms with E-state index in [9.17, 15) is 0 Å². The van der Waals surface area contributed by atoms with Gasteiger partial charge < -0.3 is 9.97 Å². The van der Waals surface area contributed by atoms with Gasteiger partial charge in [-0.2, -0.15) is 0 Å². The van der Waals surface area contributed by atoms with Gasteiger partial charge in [0.15, 0.2) is 0 Å². The molecule has 3 heterocycles. The molecule has 0 fully saturated rings. The molecule has 8 rings (SSSR count). The number of fused-ring (bicyclic) bond motifs is 10. The summed E-state index contributed by atoms with van der Waals surface area (Å²) in [5.74, 6) is 0. The molecule has 0 saturated heterocycles. The van der Waals surface area contributed by atoms with Crippen LogP contribution in [0.25, 0.3) is 43.6 Å². The van der Waals surface area contributed by atoms with E-state index in [1.54, 1.807) is 0 Å². The fourth-order valence-electron chi connectivity index (χ4n) is 6.19. The molecule has 1 aliphatic heterocycles. The summed E-state index contributed by atoms with van der Waals surface area (Å²) in [6, 6.07) is 37.5. The third kappa shape index (κ3) is 2.46. The lowest BCUT2D eigenvalue weighted by Gasteiger charge is -2.39. The number of hydrogen-bond donors (Lipinski definition) is 2. The van der Waals surface area contributed by atoms with E-state index in [4.69, 9.17) is 0 Å². The van der Waals surface area contributed by atoms with Crippen molar-refractivity contribution in [3.63, 3.8) is 0 Å². The molecule has 2 nitrogen and oxygen atoms in total. The highest BCUT2D eigenvalue weighted by Gasteiger charge is 2.41. The molecule has 1 atom stereocenters. The van der Waals surface area contributed by atoms with E-state index >= 15 is 0 Å². The highest BCUT2D eigenvalue weighted by molar-refractivity contribution is 7.99. The predicted octanol–water partition coefficient (Wildman–Crippen LogP) is 8.77. The lowest BCUT2D eigenvalue weighted by Crippen LogP contribution is -2.29. The summed E-state index contributed by atoms with van der Waals surface area (Å²) in [6.45, 7) is 2.40. The molecule has 0 radical (unpaired) electrons. The van der Waals surface area contributed by atoms with Crippen LogP contribution in [0.3, 0.4) is 0 Å². The van der Waals surface area contributed by atoms with Crippen LogP contribution in [0.2, 0.25) is 0 Å². The zero-order valence-corrected chi connectivity index (χ0v) is 20.0. The number of benzene rings is 5. The van der Waals surface area contributed by atoms with Crippen molar-refractivity contribution in [3.8, 4) is 0 Å². The molecule has 0 amide bonds. The molecule has 35 heavy (non-hydrogen) atoms. The number of H-pyrrole nitrogens is 2. The van der Waals surface area contributed by atoms with Crippen LogP contribution in [-0.4, -0.2) is 9.97 Å². The van der Waals surface area contributed by atoms with Crippen LogP contribution in [0, 0.1) is 0 Å². The van der Waals surface area contributed by atoms with Gasteiger partial charge in [0.05, 0.1) is 11.0 Å². The molecule has 0 saturated carbocycles. The summed E-state index contributed by atoms with van der Waals surface area (Å²) in [5.41, 5.74) is 8.58. The highest BCUT2D eigenvalue weighted by Crippen LogP contribution is 2.56. The van der Waals surface area contributed by atoms with Gasteiger partial charge in [0, 0.05) is 53.3 Å². The van der Waals surface area contributed by atoms with Crippen LogP contribution in [0.5, 0.6) is 0 Å². The summed E-state index contributed by atoms with van der Waals surface area (Å²) < 4.78 is 0. The second kappa shape index (κ2) is 6.80. The predicted molar refractivity (Wildman–Crippen MR) is 148 cm³/mol. The Kier molecular flexibility index (Phi) is 3.76. The van der Waals surface area contributed by atoms with Crippen molar-refractivity contribution in [3.05, 3.63) is 120 Å². The minimum Gasteiger partial charge on any atom is -0.354 e. The number of hydrogen-bond acceptors (Lipinski definition) is 1. The molecule has 2 N–H and O–H groups in total. The number of para-hydroxylation sites is 2. The van der Waals surface area contributed by atoms with Crippen LogP contribution < -0.4 is 0 Å². The first-order valence-corrected chi connectivity index (χ1v) is 12.9. The van der Waals surface area contributed by atoms with Gasteiger partial charge in [-0.1, -0.05) is 96.7 Å². The van der Waals surface area contributed by atoms with Crippen molar-refractivity contribution in [1.29, 1.82) is 0 Å². The Hall–Kier alpha value is -3.95. The van der Waals surface area contributed by atoms with E-state index in [0.29, 0.717) is 0 Å². The summed E-state index contributed by atoms with van der Waals surface area (Å²) in [5, 5.41) is 5.14. The zero-order valence-electron chi connectivity index (χ0n) is 19.2. The largest absolute Gasteiger partial charge is 0.354 e. The first-order valence-electron chi connectivity index (χ1n) is 12.0. The number of rotatable bonds is 1. The van der Waals surface area contributed by atoms with E-state index in [1.807, 2.05) is 11.8 Å². The Labute approximate surface area is 207 Å². The first-order chi connectivity index (χ1) is 17.2. The van der Waals surface area contributed by atoms with Gasteiger partial charge in [-0.15, -0.1) is 0 Å². The lowest BCUT2D eigenvalue weighted by molar-refractivity contribution is 0.663. The third-order valence-corrected chi connectivity index (χ3v) is 9.07. The minimum absolute atomic E-state index is 0.303. The molecule has 5 aromatic carbocycles. The maximum atomic E-state index is 3.80. The fourth-order valence-corrected chi connectivity index (χ4v) is 7.60. The van der Waals surface area contributed by atoms with Gasteiger partial charge in [-0.25, -0.2) is 0 Å². The quantitative estimate of drug-likeness (QED) is 0.249. The van der Waals surface area contributed by atoms with Crippen LogP contribution in [0.1, 0.15) is 23.6 Å². The second-order valence-corrected chi connectivity index (χ2v) is 10.7. The normalized spacial score (nSPS) is 17.3. The van der Waals surface area contributed by atoms with E-state index in [0.717, 1.165) is 0 Å². The van der Waals surface area contributed by atoms with E-state index < -0.39 is 0 Å². The Morgan fingerprint density at radius 1 is 0.571 bits per heavy atom. The van der Waals surface area contributed by atoms with Crippen LogP contribution in [0.4, 0.5) is 0 Å². The summed E-state index contributed by atoms with van der Waals surface area (Å²) in [7, 11) is 0. The molecule has 1 aliphatic rings. The molecule has 0 bridgehead atoms. The smallest absolute Gasteiger partial charge is 0.0609 e. The minimum atomic E-state index is -0.303. The Balaban J connectivity index is 1.53. The number of nitrogens with one attached hydrogen (secondary N) is 2. The van der Waals surface area contributed by atoms with Gasteiger partial charge in [0.2, 0.25) is 0 Å². The van der Waals surface area contributed by atoms with Gasteiger partial charge >= 0.3 is 0 Å². The van der Waals surface area contributed by atoms with Crippen molar-refractivity contribution in [2.45, 2.75) is 22.1 Å². The van der Waals surface area contributed by atoms with E-state index in [1.165, 1.54) is 70.1 Å². The summed E-state index contributed by atoms with van der Waals surface area (Å²) in [4.78, 5) is 10.2. The van der Waals surface area contributed by atoms with Crippen molar-refractivity contribution in [1.82, 2.24) is 9.97 Å².